The van der Waals surface area contributed by atoms with Gasteiger partial charge in [0.2, 0.25) is 0 Å². The lowest BCUT2D eigenvalue weighted by Crippen LogP contribution is -2.42. The van der Waals surface area contributed by atoms with Crippen molar-refractivity contribution in [1.29, 1.82) is 0 Å². The van der Waals surface area contributed by atoms with Crippen LogP contribution in [0.5, 0.6) is 0 Å². The highest BCUT2D eigenvalue weighted by atomic mass is 16.6. The van der Waals surface area contributed by atoms with Gasteiger partial charge in [0.25, 0.3) is 0 Å². The van der Waals surface area contributed by atoms with Gasteiger partial charge in [0.15, 0.2) is 5.41 Å². The zero-order valence-electron chi connectivity index (χ0n) is 17.2. The van der Waals surface area contributed by atoms with E-state index in [1.165, 1.54) is 25.7 Å². The molecule has 0 aliphatic rings. The first kappa shape index (κ1) is 23.9. The summed E-state index contributed by atoms with van der Waals surface area (Å²) >= 11 is 0. The standard InChI is InChI=1S/C21H40O4/c1-6-10-12-13-14-15-17-24-19(22)21(8-3,9-4)20(23)25-18(5)16-11-7-2/h18H,6-17H2,1-5H3. The molecule has 0 aromatic rings. The number of esters is 2. The van der Waals surface area contributed by atoms with Crippen LogP contribution in [0.2, 0.25) is 0 Å². The number of carbonyl (C=O) groups is 2. The van der Waals surface area contributed by atoms with E-state index in [0.29, 0.717) is 19.4 Å². The summed E-state index contributed by atoms with van der Waals surface area (Å²) in [6.45, 7) is 10.3. The first-order valence-electron chi connectivity index (χ1n) is 10.4. The SMILES string of the molecule is CCCCCCCCOC(=O)C(CC)(CC)C(=O)OC(C)CCCC. The number of ether oxygens (including phenoxy) is 2. The summed E-state index contributed by atoms with van der Waals surface area (Å²) in [5.74, 6) is -0.840. The van der Waals surface area contributed by atoms with Gasteiger partial charge in [0.05, 0.1) is 12.7 Å². The minimum Gasteiger partial charge on any atom is -0.465 e. The Morgan fingerprint density at radius 2 is 1.36 bits per heavy atom. The Balaban J connectivity index is 4.46. The van der Waals surface area contributed by atoms with Gasteiger partial charge in [-0.1, -0.05) is 72.6 Å². The Kier molecular flexibility index (Phi) is 13.5. The van der Waals surface area contributed by atoms with Gasteiger partial charge in [0, 0.05) is 0 Å². The lowest BCUT2D eigenvalue weighted by atomic mass is 9.82. The number of hydrogen-bond donors (Lipinski definition) is 0. The van der Waals surface area contributed by atoms with E-state index >= 15 is 0 Å². The zero-order valence-corrected chi connectivity index (χ0v) is 17.2. The molecule has 0 radical (unpaired) electrons. The molecule has 1 unspecified atom stereocenters. The first-order chi connectivity index (χ1) is 12.0. The monoisotopic (exact) mass is 356 g/mol. The normalized spacial score (nSPS) is 12.7. The van der Waals surface area contributed by atoms with Gasteiger partial charge in [-0.25, -0.2) is 0 Å². The molecule has 0 bridgehead atoms. The van der Waals surface area contributed by atoms with E-state index in [1.54, 1.807) is 0 Å². The number of carbonyl (C=O) groups excluding carboxylic acids is 2. The van der Waals surface area contributed by atoms with E-state index in [2.05, 4.69) is 13.8 Å². The molecule has 0 N–H and O–H groups in total. The van der Waals surface area contributed by atoms with Crippen molar-refractivity contribution < 1.29 is 19.1 Å². The molecule has 0 aromatic heterocycles. The quantitative estimate of drug-likeness (QED) is 0.211. The molecule has 4 heteroatoms. The van der Waals surface area contributed by atoms with Crippen molar-refractivity contribution in [1.82, 2.24) is 0 Å². The van der Waals surface area contributed by atoms with Gasteiger partial charge in [-0.2, -0.15) is 0 Å². The van der Waals surface area contributed by atoms with Crippen molar-refractivity contribution in [3.8, 4) is 0 Å². The molecule has 1 atom stereocenters. The highest BCUT2D eigenvalue weighted by molar-refractivity contribution is 6.00. The van der Waals surface area contributed by atoms with Crippen molar-refractivity contribution in [2.75, 3.05) is 6.61 Å². The maximum atomic E-state index is 12.6. The van der Waals surface area contributed by atoms with Crippen LogP contribution in [0.15, 0.2) is 0 Å². The van der Waals surface area contributed by atoms with Gasteiger partial charge in [-0.05, 0) is 32.6 Å². The average Bonchev–Trinajstić information content (AvgIpc) is 2.60. The minimum absolute atomic E-state index is 0.156. The molecule has 0 rings (SSSR count). The molecule has 0 amide bonds. The minimum atomic E-state index is -1.15. The fraction of sp³-hybridized carbons (Fsp3) is 0.905. The summed E-state index contributed by atoms with van der Waals surface area (Å²) in [6, 6.07) is 0. The van der Waals surface area contributed by atoms with Crippen LogP contribution >= 0.6 is 0 Å². The second-order valence-corrected chi connectivity index (χ2v) is 7.05. The molecule has 0 fully saturated rings. The Bertz CT molecular complexity index is 361. The first-order valence-corrected chi connectivity index (χ1v) is 10.4. The summed E-state index contributed by atoms with van der Waals surface area (Å²) < 4.78 is 11.0. The van der Waals surface area contributed by atoms with Crippen LogP contribution in [-0.2, 0) is 19.1 Å². The highest BCUT2D eigenvalue weighted by Crippen LogP contribution is 2.31. The van der Waals surface area contributed by atoms with Crippen LogP contribution in [-0.4, -0.2) is 24.6 Å². The van der Waals surface area contributed by atoms with Crippen molar-refractivity contribution in [3.05, 3.63) is 0 Å². The smallest absolute Gasteiger partial charge is 0.323 e. The third-order valence-electron chi connectivity index (χ3n) is 4.99. The molecule has 0 saturated heterocycles. The molecule has 0 heterocycles. The molecular formula is C21H40O4. The van der Waals surface area contributed by atoms with Gasteiger partial charge in [0.1, 0.15) is 0 Å². The number of hydrogen-bond acceptors (Lipinski definition) is 4. The van der Waals surface area contributed by atoms with Crippen LogP contribution in [0.1, 0.15) is 105 Å². The third-order valence-corrected chi connectivity index (χ3v) is 4.99. The second-order valence-electron chi connectivity index (χ2n) is 7.05. The Hall–Kier alpha value is -1.06. The molecule has 25 heavy (non-hydrogen) atoms. The third kappa shape index (κ3) is 8.73. The molecule has 0 aliphatic heterocycles. The summed E-state index contributed by atoms with van der Waals surface area (Å²) in [5.41, 5.74) is -1.15. The lowest BCUT2D eigenvalue weighted by Gasteiger charge is -2.28. The second kappa shape index (κ2) is 14.1. The largest absolute Gasteiger partial charge is 0.465 e. The van der Waals surface area contributed by atoms with E-state index in [4.69, 9.17) is 9.47 Å². The van der Waals surface area contributed by atoms with Crippen LogP contribution in [0.25, 0.3) is 0 Å². The number of unbranched alkanes of at least 4 members (excludes halogenated alkanes) is 6. The fourth-order valence-corrected chi connectivity index (χ4v) is 2.94. The Labute approximate surface area is 155 Å². The molecular weight excluding hydrogens is 316 g/mol. The maximum Gasteiger partial charge on any atom is 0.323 e. The van der Waals surface area contributed by atoms with Gasteiger partial charge in [-0.3, -0.25) is 9.59 Å². The van der Waals surface area contributed by atoms with Crippen LogP contribution in [0.4, 0.5) is 0 Å². The van der Waals surface area contributed by atoms with Crippen LogP contribution in [0.3, 0.4) is 0 Å². The van der Waals surface area contributed by atoms with Crippen LogP contribution in [0, 0.1) is 5.41 Å². The summed E-state index contributed by atoms with van der Waals surface area (Å²) in [6.07, 6.45) is 10.4. The van der Waals surface area contributed by atoms with Crippen molar-refractivity contribution in [2.45, 2.75) is 111 Å². The Morgan fingerprint density at radius 1 is 0.800 bits per heavy atom. The molecule has 0 saturated carbocycles. The van der Waals surface area contributed by atoms with E-state index < -0.39 is 17.4 Å². The van der Waals surface area contributed by atoms with E-state index in [-0.39, 0.29) is 6.10 Å². The predicted octanol–water partition coefficient (Wildman–Crippen LogP) is 5.82. The maximum absolute atomic E-state index is 12.6. The van der Waals surface area contributed by atoms with E-state index in [0.717, 1.165) is 32.1 Å². The zero-order chi connectivity index (χ0) is 19.1. The summed E-state index contributed by atoms with van der Waals surface area (Å²) in [5, 5.41) is 0. The molecule has 0 aliphatic carbocycles. The van der Waals surface area contributed by atoms with E-state index in [1.807, 2.05) is 20.8 Å². The average molecular weight is 357 g/mol. The van der Waals surface area contributed by atoms with Gasteiger partial charge < -0.3 is 9.47 Å². The highest BCUT2D eigenvalue weighted by Gasteiger charge is 2.46. The van der Waals surface area contributed by atoms with Crippen LogP contribution < -0.4 is 0 Å². The predicted molar refractivity (Wildman–Crippen MR) is 102 cm³/mol. The topological polar surface area (TPSA) is 52.6 Å². The Morgan fingerprint density at radius 3 is 1.92 bits per heavy atom. The molecule has 4 nitrogen and oxygen atoms in total. The fourth-order valence-electron chi connectivity index (χ4n) is 2.94. The molecule has 148 valence electrons. The van der Waals surface area contributed by atoms with E-state index in [9.17, 15) is 9.59 Å². The number of rotatable bonds is 15. The van der Waals surface area contributed by atoms with Crippen molar-refractivity contribution >= 4 is 11.9 Å². The lowest BCUT2D eigenvalue weighted by molar-refractivity contribution is -0.176. The summed E-state index contributed by atoms with van der Waals surface area (Å²) in [4.78, 5) is 25.2. The molecule has 0 spiro atoms. The van der Waals surface area contributed by atoms with Gasteiger partial charge in [-0.15, -0.1) is 0 Å². The molecule has 0 aromatic carbocycles. The van der Waals surface area contributed by atoms with Gasteiger partial charge >= 0.3 is 11.9 Å². The van der Waals surface area contributed by atoms with Crippen molar-refractivity contribution in [3.63, 3.8) is 0 Å². The summed E-state index contributed by atoms with van der Waals surface area (Å²) in [7, 11) is 0. The van der Waals surface area contributed by atoms with Crippen molar-refractivity contribution in [2.24, 2.45) is 5.41 Å².